The zero-order valence-corrected chi connectivity index (χ0v) is 12.8. The number of carbonyl (C=O) groups excluding carboxylic acids is 2. The van der Waals surface area contributed by atoms with Crippen molar-refractivity contribution in [3.63, 3.8) is 0 Å². The predicted molar refractivity (Wildman–Crippen MR) is 78.1 cm³/mol. The number of rotatable bonds is 6. The molecule has 124 valence electrons. The number of nitrogens with one attached hydrogen (secondary N) is 1. The lowest BCUT2D eigenvalue weighted by atomic mass is 9.90. The number of hydrogen-bond acceptors (Lipinski definition) is 4. The molecule has 2 fully saturated rings. The average molecular weight is 312 g/mol. The van der Waals surface area contributed by atoms with Crippen LogP contribution in [0.25, 0.3) is 0 Å². The monoisotopic (exact) mass is 312 g/mol. The Labute approximate surface area is 130 Å². The highest BCUT2D eigenvalue weighted by atomic mass is 16.5. The summed E-state index contributed by atoms with van der Waals surface area (Å²) in [6.45, 7) is 2.42. The Hall–Kier alpha value is -1.63. The van der Waals surface area contributed by atoms with E-state index in [1.165, 1.54) is 0 Å². The quantitative estimate of drug-likeness (QED) is 0.685. The summed E-state index contributed by atoms with van der Waals surface area (Å²) in [5.74, 6) is -2.62. The maximum Gasteiger partial charge on any atom is 0.316 e. The van der Waals surface area contributed by atoms with E-state index in [1.807, 2.05) is 0 Å². The predicted octanol–water partition coefficient (Wildman–Crippen LogP) is 0.242. The average Bonchev–Trinajstić information content (AvgIpc) is 3.01. The molecule has 1 unspecified atom stereocenters. The lowest BCUT2D eigenvalue weighted by Crippen LogP contribution is -2.43. The topological polar surface area (TPSA) is 95.9 Å². The molecule has 7 heteroatoms. The number of hydrogen-bond donors (Lipinski definition) is 2. The van der Waals surface area contributed by atoms with Crippen molar-refractivity contribution < 1.29 is 24.2 Å². The highest BCUT2D eigenvalue weighted by Gasteiger charge is 2.36. The Bertz CT molecular complexity index is 414. The summed E-state index contributed by atoms with van der Waals surface area (Å²) >= 11 is 0. The SMILES string of the molecule is O=C(O)C(C(=O)NCCC(=O)N1CCOCC1)C1CCCC1. The first-order valence-electron chi connectivity index (χ1n) is 7.95. The molecule has 1 aliphatic heterocycles. The normalized spacial score (nSPS) is 20.6. The van der Waals surface area contributed by atoms with Gasteiger partial charge in [-0.1, -0.05) is 12.8 Å². The molecule has 0 spiro atoms. The Kier molecular flexibility index (Phi) is 6.18. The maximum atomic E-state index is 12.1. The van der Waals surface area contributed by atoms with Crippen LogP contribution in [-0.4, -0.2) is 60.6 Å². The van der Waals surface area contributed by atoms with Gasteiger partial charge in [0.15, 0.2) is 0 Å². The third-order valence-corrected chi connectivity index (χ3v) is 4.42. The molecule has 0 radical (unpaired) electrons. The van der Waals surface area contributed by atoms with Crippen LogP contribution in [0, 0.1) is 11.8 Å². The minimum atomic E-state index is -1.07. The van der Waals surface area contributed by atoms with Crippen LogP contribution in [0.1, 0.15) is 32.1 Å². The second-order valence-electron chi connectivity index (χ2n) is 5.89. The summed E-state index contributed by atoms with van der Waals surface area (Å²) in [5.41, 5.74) is 0. The molecule has 0 bridgehead atoms. The molecule has 1 saturated heterocycles. The number of aliphatic carboxylic acids is 1. The zero-order valence-electron chi connectivity index (χ0n) is 12.8. The van der Waals surface area contributed by atoms with Crippen molar-refractivity contribution in [1.82, 2.24) is 10.2 Å². The van der Waals surface area contributed by atoms with E-state index in [0.717, 1.165) is 25.7 Å². The smallest absolute Gasteiger partial charge is 0.316 e. The largest absolute Gasteiger partial charge is 0.481 e. The zero-order chi connectivity index (χ0) is 15.9. The molecule has 2 N–H and O–H groups in total. The standard InChI is InChI=1S/C15H24N2O5/c18-12(17-7-9-22-10-8-17)5-6-16-14(19)13(15(20)21)11-3-1-2-4-11/h11,13H,1-10H2,(H,16,19)(H,20,21). The minimum absolute atomic E-state index is 0.0312. The Morgan fingerprint density at radius 2 is 1.82 bits per heavy atom. The van der Waals surface area contributed by atoms with Crippen molar-refractivity contribution in [2.24, 2.45) is 11.8 Å². The fraction of sp³-hybridized carbons (Fsp3) is 0.800. The van der Waals surface area contributed by atoms with Crippen molar-refractivity contribution >= 4 is 17.8 Å². The molecule has 7 nitrogen and oxygen atoms in total. The number of carbonyl (C=O) groups is 3. The summed E-state index contributed by atoms with van der Waals surface area (Å²) in [5, 5.41) is 11.9. The van der Waals surface area contributed by atoms with Gasteiger partial charge < -0.3 is 20.1 Å². The second-order valence-corrected chi connectivity index (χ2v) is 5.89. The number of amides is 2. The lowest BCUT2D eigenvalue weighted by molar-refractivity contribution is -0.149. The number of morpholine rings is 1. The highest BCUT2D eigenvalue weighted by Crippen LogP contribution is 2.31. The summed E-state index contributed by atoms with van der Waals surface area (Å²) in [4.78, 5) is 37.1. The van der Waals surface area contributed by atoms with E-state index in [2.05, 4.69) is 5.32 Å². The minimum Gasteiger partial charge on any atom is -0.481 e. The summed E-state index contributed by atoms with van der Waals surface area (Å²) < 4.78 is 5.18. The van der Waals surface area contributed by atoms with Crippen molar-refractivity contribution in [2.75, 3.05) is 32.8 Å². The van der Waals surface area contributed by atoms with Crippen molar-refractivity contribution in [3.05, 3.63) is 0 Å². The molecule has 2 aliphatic rings. The van der Waals surface area contributed by atoms with Crippen LogP contribution in [0.5, 0.6) is 0 Å². The van der Waals surface area contributed by atoms with E-state index in [4.69, 9.17) is 4.74 Å². The van der Waals surface area contributed by atoms with Crippen LogP contribution < -0.4 is 5.32 Å². The second kappa shape index (κ2) is 8.12. The van der Waals surface area contributed by atoms with Crippen LogP contribution in [0.2, 0.25) is 0 Å². The number of carboxylic acids is 1. The van der Waals surface area contributed by atoms with Crippen LogP contribution in [0.3, 0.4) is 0 Å². The lowest BCUT2D eigenvalue weighted by Gasteiger charge is -2.27. The molecule has 2 rings (SSSR count). The summed E-state index contributed by atoms with van der Waals surface area (Å²) in [7, 11) is 0. The summed E-state index contributed by atoms with van der Waals surface area (Å²) in [6, 6.07) is 0. The van der Waals surface area contributed by atoms with Crippen LogP contribution in [0.4, 0.5) is 0 Å². The van der Waals surface area contributed by atoms with E-state index in [0.29, 0.717) is 26.3 Å². The third-order valence-electron chi connectivity index (χ3n) is 4.42. The number of carboxylic acid groups (broad SMARTS) is 1. The molecule has 0 aromatic carbocycles. The molecule has 1 aliphatic carbocycles. The van der Waals surface area contributed by atoms with E-state index in [9.17, 15) is 19.5 Å². The van der Waals surface area contributed by atoms with Gasteiger partial charge in [0.1, 0.15) is 5.92 Å². The first-order valence-corrected chi connectivity index (χ1v) is 7.95. The van der Waals surface area contributed by atoms with Crippen LogP contribution >= 0.6 is 0 Å². The highest BCUT2D eigenvalue weighted by molar-refractivity contribution is 5.97. The first kappa shape index (κ1) is 16.7. The van der Waals surface area contributed by atoms with Gasteiger partial charge in [0.2, 0.25) is 11.8 Å². The van der Waals surface area contributed by atoms with Gasteiger partial charge in [-0.2, -0.15) is 0 Å². The van der Waals surface area contributed by atoms with E-state index < -0.39 is 17.8 Å². The van der Waals surface area contributed by atoms with E-state index >= 15 is 0 Å². The van der Waals surface area contributed by atoms with Gasteiger partial charge in [0.05, 0.1) is 13.2 Å². The summed E-state index contributed by atoms with van der Waals surface area (Å²) in [6.07, 6.45) is 3.74. The van der Waals surface area contributed by atoms with E-state index in [1.54, 1.807) is 4.90 Å². The Balaban J connectivity index is 1.75. The van der Waals surface area contributed by atoms with Gasteiger partial charge in [-0.3, -0.25) is 14.4 Å². The van der Waals surface area contributed by atoms with Crippen LogP contribution in [0.15, 0.2) is 0 Å². The third kappa shape index (κ3) is 4.43. The molecule has 1 saturated carbocycles. The molecule has 22 heavy (non-hydrogen) atoms. The Morgan fingerprint density at radius 1 is 1.18 bits per heavy atom. The van der Waals surface area contributed by atoms with Gasteiger partial charge in [-0.15, -0.1) is 0 Å². The van der Waals surface area contributed by atoms with Gasteiger partial charge >= 0.3 is 5.97 Å². The molecule has 1 heterocycles. The van der Waals surface area contributed by atoms with Crippen molar-refractivity contribution in [2.45, 2.75) is 32.1 Å². The molecular formula is C15H24N2O5. The number of nitrogens with zero attached hydrogens (tertiary/aromatic N) is 1. The maximum absolute atomic E-state index is 12.1. The fourth-order valence-corrected chi connectivity index (χ4v) is 3.19. The first-order chi connectivity index (χ1) is 10.6. The van der Waals surface area contributed by atoms with Gasteiger partial charge in [0.25, 0.3) is 0 Å². The van der Waals surface area contributed by atoms with E-state index in [-0.39, 0.29) is 24.8 Å². The van der Waals surface area contributed by atoms with Crippen LogP contribution in [-0.2, 0) is 19.1 Å². The van der Waals surface area contributed by atoms with Crippen molar-refractivity contribution in [3.8, 4) is 0 Å². The molecular weight excluding hydrogens is 288 g/mol. The molecule has 1 atom stereocenters. The van der Waals surface area contributed by atoms with Gasteiger partial charge in [-0.05, 0) is 18.8 Å². The fourth-order valence-electron chi connectivity index (χ4n) is 3.19. The molecule has 2 amide bonds. The van der Waals surface area contributed by atoms with Gasteiger partial charge in [0, 0.05) is 26.1 Å². The molecule has 0 aromatic heterocycles. The number of ether oxygens (including phenoxy) is 1. The molecule has 0 aromatic rings. The Morgan fingerprint density at radius 3 is 2.41 bits per heavy atom. The van der Waals surface area contributed by atoms with Crippen molar-refractivity contribution in [1.29, 1.82) is 0 Å². The van der Waals surface area contributed by atoms with Gasteiger partial charge in [-0.25, -0.2) is 0 Å².